The van der Waals surface area contributed by atoms with E-state index in [2.05, 4.69) is 5.32 Å². The molecule has 1 aromatic rings. The molecule has 0 aliphatic rings. The number of benzene rings is 1. The minimum Gasteiger partial charge on any atom is -1.00 e. The van der Waals surface area contributed by atoms with Crippen LogP contribution in [0.4, 0.5) is 0 Å². The molecule has 0 aromatic heterocycles. The molecule has 0 fully saturated rings. The van der Waals surface area contributed by atoms with Crippen molar-refractivity contribution >= 4 is 29.0 Å². The van der Waals surface area contributed by atoms with Crippen molar-refractivity contribution in [1.82, 2.24) is 5.32 Å². The summed E-state index contributed by atoms with van der Waals surface area (Å²) in [6, 6.07) is 9.91. The number of nitrogens with one attached hydrogen (secondary N) is 1. The first-order valence-electron chi connectivity index (χ1n) is 4.52. The van der Waals surface area contributed by atoms with E-state index in [1.807, 2.05) is 44.2 Å². The fourth-order valence-electron chi connectivity index (χ4n) is 0.989. The van der Waals surface area contributed by atoms with Crippen LogP contribution in [0.1, 0.15) is 22.3 Å². The first-order chi connectivity index (χ1) is 6.20. The molecule has 1 rings (SSSR count). The van der Waals surface area contributed by atoms with Crippen LogP contribution >= 0.6 is 0 Å². The summed E-state index contributed by atoms with van der Waals surface area (Å²) in [5.41, 5.74) is 1.14. The average molecular weight is 204 g/mol. The minimum atomic E-state index is 0. The van der Waals surface area contributed by atoms with Crippen LogP contribution in [0.25, 0.3) is 0 Å². The second-order valence-corrected chi connectivity index (χ2v) is 3.36. The largest absolute Gasteiger partial charge is 2.00 e. The fourth-order valence-corrected chi connectivity index (χ4v) is 0.989. The van der Waals surface area contributed by atoms with Crippen LogP contribution in [0.15, 0.2) is 30.3 Å². The number of hydrogen-bond donors (Lipinski definition) is 1. The third kappa shape index (κ3) is 4.63. The maximum absolute atomic E-state index is 11.2. The molecule has 0 saturated heterocycles. The molecule has 0 spiro atoms. The molecule has 0 aliphatic carbocycles. The summed E-state index contributed by atoms with van der Waals surface area (Å²) >= 11 is 0. The van der Waals surface area contributed by atoms with Crippen LogP contribution in [-0.2, 0) is 11.3 Å². The quantitative estimate of drug-likeness (QED) is 0.746. The zero-order chi connectivity index (χ0) is 9.68. The first kappa shape index (κ1) is 13.5. The van der Waals surface area contributed by atoms with Crippen LogP contribution in [0.3, 0.4) is 0 Å². The normalized spacial score (nSPS) is 9.36. The number of rotatable bonds is 3. The van der Waals surface area contributed by atoms with E-state index < -0.39 is 0 Å². The Morgan fingerprint density at radius 2 is 1.93 bits per heavy atom. The third-order valence-corrected chi connectivity index (χ3v) is 1.83. The first-order valence-corrected chi connectivity index (χ1v) is 4.52. The molecule has 0 atom stereocenters. The van der Waals surface area contributed by atoms with Gasteiger partial charge in [-0.3, -0.25) is 4.79 Å². The number of carbonyl (C=O) groups excluding carboxylic acids is 1. The van der Waals surface area contributed by atoms with E-state index in [0.717, 1.165) is 5.56 Å². The van der Waals surface area contributed by atoms with E-state index in [4.69, 9.17) is 0 Å². The van der Waals surface area contributed by atoms with Gasteiger partial charge in [0.1, 0.15) is 0 Å². The Labute approximate surface area is 104 Å². The summed E-state index contributed by atoms with van der Waals surface area (Å²) in [6.45, 7) is 4.40. The van der Waals surface area contributed by atoms with E-state index in [-0.39, 0.29) is 37.7 Å². The number of carbonyl (C=O) groups is 1. The Morgan fingerprint density at radius 3 is 2.43 bits per heavy atom. The van der Waals surface area contributed by atoms with Crippen molar-refractivity contribution in [1.29, 1.82) is 0 Å². The van der Waals surface area contributed by atoms with Crippen molar-refractivity contribution in [2.45, 2.75) is 20.4 Å². The number of amides is 1. The van der Waals surface area contributed by atoms with E-state index in [1.54, 1.807) is 0 Å². The summed E-state index contributed by atoms with van der Waals surface area (Å²) in [7, 11) is 0. The van der Waals surface area contributed by atoms with Gasteiger partial charge in [0, 0.05) is 12.5 Å². The molecule has 0 aliphatic heterocycles. The van der Waals surface area contributed by atoms with Crippen LogP contribution in [0, 0.1) is 5.92 Å². The Kier molecular flexibility index (Phi) is 6.58. The fraction of sp³-hybridized carbons (Fsp3) is 0.364. The maximum Gasteiger partial charge on any atom is 2.00 e. The molecular formula is C11H17MgNO. The maximum atomic E-state index is 11.2. The molecule has 2 nitrogen and oxygen atoms in total. The van der Waals surface area contributed by atoms with E-state index in [9.17, 15) is 4.79 Å². The van der Waals surface area contributed by atoms with Gasteiger partial charge in [-0.15, -0.1) is 0 Å². The van der Waals surface area contributed by atoms with Crippen LogP contribution < -0.4 is 5.32 Å². The predicted octanol–water partition coefficient (Wildman–Crippen LogP) is 1.80. The Hall–Kier alpha value is -0.544. The van der Waals surface area contributed by atoms with Gasteiger partial charge in [0.05, 0.1) is 0 Å². The van der Waals surface area contributed by atoms with Gasteiger partial charge in [0.25, 0.3) is 0 Å². The Balaban J connectivity index is -0.000000563. The molecule has 3 heteroatoms. The molecule has 1 amide bonds. The summed E-state index contributed by atoms with van der Waals surface area (Å²) in [5, 5.41) is 2.86. The van der Waals surface area contributed by atoms with Crippen LogP contribution in [0.5, 0.6) is 0 Å². The van der Waals surface area contributed by atoms with Gasteiger partial charge in [-0.05, 0) is 5.56 Å². The molecule has 1 aromatic carbocycles. The molecule has 14 heavy (non-hydrogen) atoms. The van der Waals surface area contributed by atoms with Gasteiger partial charge < -0.3 is 8.17 Å². The van der Waals surface area contributed by atoms with Crippen molar-refractivity contribution in [3.8, 4) is 0 Å². The molecule has 0 radical (unpaired) electrons. The van der Waals surface area contributed by atoms with Gasteiger partial charge in [-0.1, -0.05) is 44.2 Å². The van der Waals surface area contributed by atoms with E-state index in [0.29, 0.717) is 6.54 Å². The van der Waals surface area contributed by atoms with Crippen molar-refractivity contribution < 1.29 is 7.65 Å². The zero-order valence-electron chi connectivity index (χ0n) is 10.8. The van der Waals surface area contributed by atoms with Crippen molar-refractivity contribution in [3.05, 3.63) is 35.9 Å². The van der Waals surface area contributed by atoms with Crippen molar-refractivity contribution in [3.63, 3.8) is 0 Å². The van der Waals surface area contributed by atoms with Gasteiger partial charge in [-0.2, -0.15) is 0 Å². The predicted molar refractivity (Wildman–Crippen MR) is 61.1 cm³/mol. The molecule has 0 unspecified atom stereocenters. The zero-order valence-corrected chi connectivity index (χ0v) is 10.2. The standard InChI is InChI=1S/C11H15NO.Mg.2H/c1-9(2)11(13)12-8-10-6-4-3-5-7-10;;;/h3-7,9H,8H2,1-2H3,(H,12,13);;;/q;+2;2*-1. The van der Waals surface area contributed by atoms with E-state index in [1.165, 1.54) is 0 Å². The summed E-state index contributed by atoms with van der Waals surface area (Å²) in [5.74, 6) is 0.160. The Morgan fingerprint density at radius 1 is 1.36 bits per heavy atom. The second kappa shape index (κ2) is 6.84. The van der Waals surface area contributed by atoms with Gasteiger partial charge in [0.2, 0.25) is 5.91 Å². The minimum absolute atomic E-state index is 0. The second-order valence-electron chi connectivity index (χ2n) is 3.36. The molecule has 0 bridgehead atoms. The molecule has 0 heterocycles. The van der Waals surface area contributed by atoms with Crippen LogP contribution in [0.2, 0.25) is 0 Å². The monoisotopic (exact) mass is 203 g/mol. The smallest absolute Gasteiger partial charge is 1.00 e. The third-order valence-electron chi connectivity index (χ3n) is 1.83. The van der Waals surface area contributed by atoms with Crippen molar-refractivity contribution in [2.75, 3.05) is 0 Å². The van der Waals surface area contributed by atoms with Crippen molar-refractivity contribution in [2.24, 2.45) is 5.92 Å². The molecular weight excluding hydrogens is 186 g/mol. The number of hydrogen-bond acceptors (Lipinski definition) is 1. The molecule has 1 N–H and O–H groups in total. The average Bonchev–Trinajstić information content (AvgIpc) is 2.15. The van der Waals surface area contributed by atoms with Gasteiger partial charge in [-0.25, -0.2) is 0 Å². The van der Waals surface area contributed by atoms with Gasteiger partial charge >= 0.3 is 23.1 Å². The van der Waals surface area contributed by atoms with Gasteiger partial charge in [0.15, 0.2) is 0 Å². The molecule has 74 valence electrons. The van der Waals surface area contributed by atoms with Crippen LogP contribution in [-0.4, -0.2) is 29.0 Å². The SMILES string of the molecule is CC(C)C(=O)NCc1ccccc1.[H-].[H-].[Mg+2]. The topological polar surface area (TPSA) is 29.1 Å². The summed E-state index contributed by atoms with van der Waals surface area (Å²) in [4.78, 5) is 11.2. The summed E-state index contributed by atoms with van der Waals surface area (Å²) in [6.07, 6.45) is 0. The molecule has 0 saturated carbocycles. The Bertz CT molecular complexity index is 281. The van der Waals surface area contributed by atoms with E-state index >= 15 is 0 Å². The summed E-state index contributed by atoms with van der Waals surface area (Å²) < 4.78 is 0.